The predicted molar refractivity (Wildman–Crippen MR) is 142 cm³/mol. The fourth-order valence-corrected chi connectivity index (χ4v) is 5.50. The number of aldehydes is 1. The van der Waals surface area contributed by atoms with Gasteiger partial charge in [-0.25, -0.2) is 8.42 Å². The van der Waals surface area contributed by atoms with Crippen LogP contribution in [0.15, 0.2) is 36.4 Å². The summed E-state index contributed by atoms with van der Waals surface area (Å²) in [5.74, 6) is 0.576. The number of sulfonamides is 1. The van der Waals surface area contributed by atoms with Gasteiger partial charge in [-0.3, -0.25) is 0 Å². The number of nitrogens with two attached hydrogens (primary N) is 1. The molecule has 0 aliphatic heterocycles. The Morgan fingerprint density at radius 2 is 1.82 bits per heavy atom. The maximum absolute atomic E-state index is 13.5. The molecule has 7 nitrogen and oxygen atoms in total. The van der Waals surface area contributed by atoms with Gasteiger partial charge in [-0.1, -0.05) is 50.6 Å². The van der Waals surface area contributed by atoms with Crippen molar-refractivity contribution in [2.45, 2.75) is 38.1 Å². The quantitative estimate of drug-likeness (QED) is 0.276. The Bertz CT molecular complexity index is 1010. The van der Waals surface area contributed by atoms with E-state index in [9.17, 15) is 13.2 Å². The van der Waals surface area contributed by atoms with Gasteiger partial charge in [0, 0.05) is 56.1 Å². The highest BCUT2D eigenvalue weighted by molar-refractivity contribution is 7.88. The summed E-state index contributed by atoms with van der Waals surface area (Å²) < 4.78 is 28.3. The maximum Gasteiger partial charge on any atom is 0.218 e. The van der Waals surface area contributed by atoms with Crippen LogP contribution in [0.25, 0.3) is 10.8 Å². The van der Waals surface area contributed by atoms with Crippen molar-refractivity contribution in [2.24, 2.45) is 11.7 Å². The van der Waals surface area contributed by atoms with Gasteiger partial charge in [0.15, 0.2) is 0 Å². The van der Waals surface area contributed by atoms with Crippen molar-refractivity contribution in [3.8, 4) is 0 Å². The number of fused-ring (bicyclic) bond motifs is 1. The zero-order valence-corrected chi connectivity index (χ0v) is 21.8. The molecule has 0 saturated carbocycles. The van der Waals surface area contributed by atoms with Gasteiger partial charge in [0.25, 0.3) is 0 Å². The van der Waals surface area contributed by atoms with Crippen LogP contribution < -0.4 is 16.0 Å². The van der Waals surface area contributed by atoms with E-state index in [-0.39, 0.29) is 36.8 Å². The van der Waals surface area contributed by atoms with Crippen molar-refractivity contribution in [1.82, 2.24) is 9.62 Å². The molecule has 0 unspecified atom stereocenters. The first-order valence-corrected chi connectivity index (χ1v) is 13.6. The molecule has 0 aliphatic rings. The first kappa shape index (κ1) is 27.6. The second-order valence-electron chi connectivity index (χ2n) is 8.77. The lowest BCUT2D eigenvalue weighted by atomic mass is 9.99. The van der Waals surface area contributed by atoms with Crippen molar-refractivity contribution in [3.05, 3.63) is 42.0 Å². The van der Waals surface area contributed by atoms with Crippen LogP contribution in [0.5, 0.6) is 0 Å². The molecule has 9 heteroatoms. The van der Waals surface area contributed by atoms with E-state index in [0.29, 0.717) is 18.6 Å². The molecule has 2 rings (SSSR count). The molecule has 33 heavy (non-hydrogen) atoms. The molecule has 2 aromatic carbocycles. The number of nitrogens with one attached hydrogen (secondary N) is 1. The number of anilines is 1. The number of hydrogen-bond acceptors (Lipinski definition) is 7. The lowest BCUT2D eigenvalue weighted by Crippen LogP contribution is -2.50. The van der Waals surface area contributed by atoms with Crippen LogP contribution >= 0.6 is 12.6 Å². The minimum atomic E-state index is -3.74. The van der Waals surface area contributed by atoms with Gasteiger partial charge >= 0.3 is 0 Å². The normalized spacial score (nSPS) is 14.9. The monoisotopic (exact) mass is 494 g/mol. The van der Waals surface area contributed by atoms with E-state index < -0.39 is 10.0 Å². The number of carbonyl (C=O) groups excluding carboxylic acids is 1. The average molecular weight is 495 g/mol. The molecular weight excluding hydrogens is 456 g/mol. The largest absolute Gasteiger partial charge is 0.377 e. The van der Waals surface area contributed by atoms with Gasteiger partial charge in [0.2, 0.25) is 10.0 Å². The van der Waals surface area contributed by atoms with Crippen LogP contribution in [0.3, 0.4) is 0 Å². The van der Waals surface area contributed by atoms with E-state index in [1.165, 1.54) is 4.31 Å². The summed E-state index contributed by atoms with van der Waals surface area (Å²) in [5.41, 5.74) is 7.74. The molecule has 0 bridgehead atoms. The fraction of sp³-hybridized carbons (Fsp3) is 0.542. The summed E-state index contributed by atoms with van der Waals surface area (Å²) in [6.45, 7) is 4.70. The predicted octanol–water partition coefficient (Wildman–Crippen LogP) is 2.50. The zero-order valence-electron chi connectivity index (χ0n) is 20.1. The SMILES string of the molecule is CC[C@H](C)[C@@H](CN(CC=O)S(=O)(=O)Cc1cccc2c(N(C)C)cccc12)NC[C@@H](N)CS. The molecule has 0 amide bonds. The Labute approximate surface area is 204 Å². The molecule has 0 aliphatic carbocycles. The van der Waals surface area contributed by atoms with E-state index in [1.807, 2.05) is 55.4 Å². The van der Waals surface area contributed by atoms with E-state index in [4.69, 9.17) is 5.73 Å². The summed E-state index contributed by atoms with van der Waals surface area (Å²) in [6, 6.07) is 11.4. The molecule has 0 fully saturated rings. The fourth-order valence-electron chi connectivity index (χ4n) is 3.86. The third-order valence-electron chi connectivity index (χ3n) is 6.09. The van der Waals surface area contributed by atoms with Crippen molar-refractivity contribution < 1.29 is 13.2 Å². The van der Waals surface area contributed by atoms with Crippen molar-refractivity contribution in [3.63, 3.8) is 0 Å². The number of rotatable bonds is 14. The summed E-state index contributed by atoms with van der Waals surface area (Å²) in [6.07, 6.45) is 1.53. The van der Waals surface area contributed by atoms with Gasteiger partial charge in [0.1, 0.15) is 6.29 Å². The second kappa shape index (κ2) is 12.7. The molecule has 3 atom stereocenters. The van der Waals surface area contributed by atoms with Gasteiger partial charge in [-0.15, -0.1) is 0 Å². The van der Waals surface area contributed by atoms with Crippen molar-refractivity contribution in [1.29, 1.82) is 0 Å². The minimum absolute atomic E-state index is 0.122. The summed E-state index contributed by atoms with van der Waals surface area (Å²) in [7, 11) is 0.187. The van der Waals surface area contributed by atoms with Crippen molar-refractivity contribution in [2.75, 3.05) is 44.4 Å². The first-order valence-electron chi connectivity index (χ1n) is 11.3. The number of nitrogens with zero attached hydrogens (tertiary/aromatic N) is 2. The lowest BCUT2D eigenvalue weighted by Gasteiger charge is -2.31. The molecule has 2 aromatic rings. The second-order valence-corrected chi connectivity index (χ2v) is 11.1. The third-order valence-corrected chi connectivity index (χ3v) is 8.32. The summed E-state index contributed by atoms with van der Waals surface area (Å²) in [4.78, 5) is 13.4. The maximum atomic E-state index is 13.5. The molecule has 0 heterocycles. The summed E-state index contributed by atoms with van der Waals surface area (Å²) in [5, 5.41) is 5.29. The van der Waals surface area contributed by atoms with Crippen LogP contribution in [-0.4, -0.2) is 70.6 Å². The van der Waals surface area contributed by atoms with Crippen LogP contribution in [-0.2, 0) is 20.6 Å². The number of carbonyl (C=O) groups is 1. The minimum Gasteiger partial charge on any atom is -0.377 e. The molecule has 0 aromatic heterocycles. The Morgan fingerprint density at radius 1 is 1.15 bits per heavy atom. The number of thiol groups is 1. The van der Waals surface area contributed by atoms with Crippen LogP contribution in [0.1, 0.15) is 25.8 Å². The summed E-state index contributed by atoms with van der Waals surface area (Å²) >= 11 is 4.23. The molecule has 0 saturated heterocycles. The van der Waals surface area contributed by atoms with E-state index in [0.717, 1.165) is 28.4 Å². The number of benzene rings is 2. The highest BCUT2D eigenvalue weighted by Gasteiger charge is 2.28. The van der Waals surface area contributed by atoms with E-state index in [1.54, 1.807) is 0 Å². The van der Waals surface area contributed by atoms with Crippen molar-refractivity contribution >= 4 is 45.4 Å². The Hall–Kier alpha value is -1.65. The van der Waals surface area contributed by atoms with E-state index in [2.05, 4.69) is 31.8 Å². The average Bonchev–Trinajstić information content (AvgIpc) is 2.79. The first-order chi connectivity index (χ1) is 15.6. The molecule has 184 valence electrons. The number of hydrogen-bond donors (Lipinski definition) is 3. The van der Waals surface area contributed by atoms with Crippen LogP contribution in [0.4, 0.5) is 5.69 Å². The Balaban J connectivity index is 2.34. The van der Waals surface area contributed by atoms with Gasteiger partial charge in [-0.2, -0.15) is 16.9 Å². The van der Waals surface area contributed by atoms with Crippen LogP contribution in [0, 0.1) is 5.92 Å². The highest BCUT2D eigenvalue weighted by atomic mass is 32.2. The smallest absolute Gasteiger partial charge is 0.218 e. The standard InChI is InChI=1S/C24H38N4O3S2/c1-5-18(2)23(26-14-20(25)16-32)15-28(12-13-29)33(30,31)17-19-8-6-10-22-21(19)9-7-11-24(22)27(3)4/h6-11,13,18,20,23,26,32H,5,12,14-17,25H2,1-4H3/t18-,20+,23+/m0/s1. The molecule has 0 spiro atoms. The molecule has 3 N–H and O–H groups in total. The van der Waals surface area contributed by atoms with Gasteiger partial charge in [0.05, 0.1) is 12.3 Å². The van der Waals surface area contributed by atoms with Crippen LogP contribution in [0.2, 0.25) is 0 Å². The van der Waals surface area contributed by atoms with Gasteiger partial charge in [-0.05, 0) is 22.9 Å². The Morgan fingerprint density at radius 3 is 2.42 bits per heavy atom. The molecule has 0 radical (unpaired) electrons. The highest BCUT2D eigenvalue weighted by Crippen LogP contribution is 2.29. The topological polar surface area (TPSA) is 95.7 Å². The van der Waals surface area contributed by atoms with E-state index >= 15 is 0 Å². The van der Waals surface area contributed by atoms with Gasteiger partial charge < -0.3 is 20.7 Å². The zero-order chi connectivity index (χ0) is 24.6. The molecular formula is C24H38N4O3S2. The Kier molecular flexibility index (Phi) is 10.6. The third kappa shape index (κ3) is 7.42. The lowest BCUT2D eigenvalue weighted by molar-refractivity contribution is -0.108.